The number of pyridine rings is 1. The fourth-order valence-electron chi connectivity index (χ4n) is 4.53. The molecule has 1 amide bonds. The highest BCUT2D eigenvalue weighted by Gasteiger charge is 2.43. The standard InChI is InChI=1S/C19H26N6O2S/c1-23-12-21-22-16(23)11-24-9-13-8-14(10-24)18(19(27)20-6-7-28-2)25-15(13)4-3-5-17(25)26/h3-5,12-14,18H,6-11H2,1-2H3,(H,20,27)/t13-,14+,18+/m0/s1. The Labute approximate surface area is 168 Å². The summed E-state index contributed by atoms with van der Waals surface area (Å²) in [7, 11) is 1.94. The van der Waals surface area contributed by atoms with Gasteiger partial charge in [-0.3, -0.25) is 19.1 Å². The maximum atomic E-state index is 13.0. The lowest BCUT2D eigenvalue weighted by Crippen LogP contribution is -2.53. The molecule has 2 aromatic heterocycles. The first-order valence-electron chi connectivity index (χ1n) is 9.61. The number of carbonyl (C=O) groups excluding carboxylic acids is 1. The molecule has 1 saturated heterocycles. The van der Waals surface area contributed by atoms with E-state index in [1.165, 1.54) is 0 Å². The molecule has 4 heterocycles. The van der Waals surface area contributed by atoms with Crippen molar-refractivity contribution in [2.75, 3.05) is 31.6 Å². The van der Waals surface area contributed by atoms with Gasteiger partial charge >= 0.3 is 0 Å². The minimum absolute atomic E-state index is 0.0486. The zero-order valence-electron chi connectivity index (χ0n) is 16.2. The molecule has 2 aliphatic rings. The Hall–Kier alpha value is -2.13. The van der Waals surface area contributed by atoms with E-state index in [4.69, 9.17) is 0 Å². The van der Waals surface area contributed by atoms with Crippen LogP contribution >= 0.6 is 11.8 Å². The molecule has 0 radical (unpaired) electrons. The van der Waals surface area contributed by atoms with Crippen molar-refractivity contribution in [2.24, 2.45) is 13.0 Å². The Morgan fingerprint density at radius 3 is 2.96 bits per heavy atom. The van der Waals surface area contributed by atoms with Gasteiger partial charge in [-0.05, 0) is 18.7 Å². The van der Waals surface area contributed by atoms with E-state index in [0.717, 1.165) is 36.8 Å². The van der Waals surface area contributed by atoms with Gasteiger partial charge in [0.25, 0.3) is 5.56 Å². The number of rotatable bonds is 6. The molecule has 0 saturated carbocycles. The highest BCUT2D eigenvalue weighted by atomic mass is 32.2. The summed E-state index contributed by atoms with van der Waals surface area (Å²) in [6.45, 7) is 2.94. The van der Waals surface area contributed by atoms with E-state index >= 15 is 0 Å². The van der Waals surface area contributed by atoms with Gasteiger partial charge in [0, 0.05) is 56.0 Å². The summed E-state index contributed by atoms with van der Waals surface area (Å²) in [5.41, 5.74) is 0.885. The Kier molecular flexibility index (Phi) is 5.54. The van der Waals surface area contributed by atoms with Crippen LogP contribution < -0.4 is 10.9 Å². The molecule has 2 bridgehead atoms. The Balaban J connectivity index is 1.63. The number of carbonyl (C=O) groups is 1. The van der Waals surface area contributed by atoms with E-state index in [2.05, 4.69) is 20.4 Å². The highest BCUT2D eigenvalue weighted by molar-refractivity contribution is 7.98. The number of aryl methyl sites for hydroxylation is 1. The fourth-order valence-corrected chi connectivity index (χ4v) is 4.83. The molecule has 3 atom stereocenters. The second-order valence-corrected chi connectivity index (χ2v) is 8.62. The minimum Gasteiger partial charge on any atom is -0.353 e. The van der Waals surface area contributed by atoms with Crippen molar-refractivity contribution in [3.63, 3.8) is 0 Å². The van der Waals surface area contributed by atoms with Crippen LogP contribution in [-0.4, -0.2) is 61.8 Å². The molecule has 0 spiro atoms. The Bertz CT molecular complexity index is 910. The molecule has 1 N–H and O–H groups in total. The molecule has 4 rings (SSSR count). The summed E-state index contributed by atoms with van der Waals surface area (Å²) >= 11 is 1.69. The van der Waals surface area contributed by atoms with Crippen molar-refractivity contribution in [2.45, 2.75) is 24.9 Å². The van der Waals surface area contributed by atoms with Gasteiger partial charge in [0.2, 0.25) is 5.91 Å². The van der Waals surface area contributed by atoms with Gasteiger partial charge in [-0.15, -0.1) is 10.2 Å². The monoisotopic (exact) mass is 402 g/mol. The van der Waals surface area contributed by atoms with Crippen molar-refractivity contribution in [3.8, 4) is 0 Å². The lowest BCUT2D eigenvalue weighted by molar-refractivity contribution is -0.127. The average molecular weight is 403 g/mol. The lowest BCUT2D eigenvalue weighted by Gasteiger charge is -2.46. The normalized spacial score (nSPS) is 24.0. The zero-order valence-corrected chi connectivity index (χ0v) is 17.1. The summed E-state index contributed by atoms with van der Waals surface area (Å²) in [5.74, 6) is 2.07. The van der Waals surface area contributed by atoms with Crippen LogP contribution in [0.4, 0.5) is 0 Å². The van der Waals surface area contributed by atoms with E-state index in [1.54, 1.807) is 34.8 Å². The van der Waals surface area contributed by atoms with Gasteiger partial charge in [0.05, 0.1) is 6.54 Å². The van der Waals surface area contributed by atoms with E-state index in [0.29, 0.717) is 13.1 Å². The molecule has 28 heavy (non-hydrogen) atoms. The topological polar surface area (TPSA) is 85.1 Å². The molecular formula is C19H26N6O2S. The van der Waals surface area contributed by atoms with Crippen LogP contribution in [0.15, 0.2) is 29.3 Å². The molecule has 1 fully saturated rings. The number of likely N-dealkylation sites (tertiary alicyclic amines) is 1. The Morgan fingerprint density at radius 2 is 2.21 bits per heavy atom. The molecule has 0 unspecified atom stereocenters. The van der Waals surface area contributed by atoms with Crippen molar-refractivity contribution < 1.29 is 4.79 Å². The zero-order chi connectivity index (χ0) is 19.7. The minimum atomic E-state index is -0.455. The molecule has 2 aliphatic heterocycles. The molecule has 8 nitrogen and oxygen atoms in total. The quantitative estimate of drug-likeness (QED) is 0.713. The van der Waals surface area contributed by atoms with Crippen molar-refractivity contribution in [3.05, 3.63) is 46.4 Å². The summed E-state index contributed by atoms with van der Waals surface area (Å²) in [6.07, 6.45) is 4.65. The molecular weight excluding hydrogens is 376 g/mol. The van der Waals surface area contributed by atoms with Crippen LogP contribution in [0, 0.1) is 5.92 Å². The number of aromatic nitrogens is 4. The van der Waals surface area contributed by atoms with E-state index < -0.39 is 6.04 Å². The van der Waals surface area contributed by atoms with Crippen molar-refractivity contribution in [1.29, 1.82) is 0 Å². The number of fused-ring (bicyclic) bond motifs is 4. The van der Waals surface area contributed by atoms with Gasteiger partial charge in [0.1, 0.15) is 18.2 Å². The third kappa shape index (κ3) is 3.60. The number of nitrogens with zero attached hydrogens (tertiary/aromatic N) is 5. The molecule has 0 aromatic carbocycles. The van der Waals surface area contributed by atoms with Gasteiger partial charge in [-0.1, -0.05) is 6.07 Å². The Morgan fingerprint density at radius 1 is 1.36 bits per heavy atom. The SMILES string of the molecule is CSCCNC(=O)[C@H]1[C@@H]2C[C@@H](CN(Cc3nncn3C)C2)c2cccc(=O)n21. The first kappa shape index (κ1) is 19.2. The van der Waals surface area contributed by atoms with Crippen LogP contribution in [0.25, 0.3) is 0 Å². The van der Waals surface area contributed by atoms with Crippen molar-refractivity contribution in [1.82, 2.24) is 29.5 Å². The van der Waals surface area contributed by atoms with Crippen LogP contribution in [0.2, 0.25) is 0 Å². The van der Waals surface area contributed by atoms with E-state index in [9.17, 15) is 9.59 Å². The molecule has 2 aromatic rings. The predicted octanol–water partition coefficient (Wildman–Crippen LogP) is 0.616. The maximum absolute atomic E-state index is 13.0. The average Bonchev–Trinajstić information content (AvgIpc) is 3.07. The van der Waals surface area contributed by atoms with E-state index in [-0.39, 0.29) is 23.3 Å². The summed E-state index contributed by atoms with van der Waals surface area (Å²) in [4.78, 5) is 28.0. The molecule has 150 valence electrons. The molecule has 9 heteroatoms. The van der Waals surface area contributed by atoms with Gasteiger partial charge in [-0.25, -0.2) is 0 Å². The first-order chi connectivity index (χ1) is 13.6. The number of piperidine rings is 1. The van der Waals surface area contributed by atoms with Crippen LogP contribution in [0.3, 0.4) is 0 Å². The van der Waals surface area contributed by atoms with Crippen molar-refractivity contribution >= 4 is 17.7 Å². The molecule has 0 aliphatic carbocycles. The maximum Gasteiger partial charge on any atom is 0.251 e. The fraction of sp³-hybridized carbons (Fsp3) is 0.579. The highest BCUT2D eigenvalue weighted by Crippen LogP contribution is 2.41. The number of hydrogen-bond acceptors (Lipinski definition) is 6. The van der Waals surface area contributed by atoms with Crippen LogP contribution in [-0.2, 0) is 18.4 Å². The second-order valence-electron chi connectivity index (χ2n) is 7.63. The number of nitrogens with one attached hydrogen (secondary N) is 1. The number of thioether (sulfide) groups is 1. The summed E-state index contributed by atoms with van der Waals surface area (Å²) in [6, 6.07) is 4.91. The lowest BCUT2D eigenvalue weighted by atomic mass is 9.78. The largest absolute Gasteiger partial charge is 0.353 e. The summed E-state index contributed by atoms with van der Waals surface area (Å²) < 4.78 is 3.67. The van der Waals surface area contributed by atoms with Gasteiger partial charge in [-0.2, -0.15) is 11.8 Å². The second kappa shape index (κ2) is 8.08. The first-order valence-corrected chi connectivity index (χ1v) is 11.0. The third-order valence-corrected chi connectivity index (χ3v) is 6.38. The number of amides is 1. The smallest absolute Gasteiger partial charge is 0.251 e. The van der Waals surface area contributed by atoms with E-state index in [1.807, 2.05) is 23.9 Å². The predicted molar refractivity (Wildman–Crippen MR) is 108 cm³/mol. The number of hydrogen-bond donors (Lipinski definition) is 1. The summed E-state index contributed by atoms with van der Waals surface area (Å²) in [5, 5.41) is 11.2. The third-order valence-electron chi connectivity index (χ3n) is 5.77. The van der Waals surface area contributed by atoms with Gasteiger partial charge in [0.15, 0.2) is 0 Å². The van der Waals surface area contributed by atoms with Crippen LogP contribution in [0.1, 0.15) is 29.9 Å². The van der Waals surface area contributed by atoms with Crippen LogP contribution in [0.5, 0.6) is 0 Å². The van der Waals surface area contributed by atoms with Gasteiger partial charge < -0.3 is 9.88 Å².